The highest BCUT2D eigenvalue weighted by molar-refractivity contribution is 7.08. The highest BCUT2D eigenvalue weighted by atomic mass is 35.5. The Balaban J connectivity index is 0.00000288. The number of rotatable bonds is 8. The van der Waals surface area contributed by atoms with Crippen LogP contribution in [-0.2, 0) is 0 Å². The third-order valence-corrected chi connectivity index (χ3v) is 4.71. The maximum absolute atomic E-state index is 10.4. The average molecular weight is 366 g/mol. The van der Waals surface area contributed by atoms with Crippen LogP contribution in [0.5, 0.6) is 0 Å². The summed E-state index contributed by atoms with van der Waals surface area (Å²) < 4.78 is 0. The van der Waals surface area contributed by atoms with Crippen LogP contribution < -0.4 is 17.7 Å². The molecule has 0 amide bonds. The first-order chi connectivity index (χ1) is 11.1. The summed E-state index contributed by atoms with van der Waals surface area (Å²) in [7, 11) is 0. The molecular weight excluding hydrogens is 338 g/mol. The molecule has 0 saturated heterocycles. The summed E-state index contributed by atoms with van der Waals surface area (Å²) in [6, 6.07) is 12.2. The van der Waals surface area contributed by atoms with Gasteiger partial charge in [-0.05, 0) is 58.9 Å². The van der Waals surface area contributed by atoms with Crippen molar-refractivity contribution in [2.75, 3.05) is 6.54 Å². The zero-order chi connectivity index (χ0) is 16.7. The fraction of sp³-hybridized carbons (Fsp3) is 0.400. The predicted octanol–water partition coefficient (Wildman–Crippen LogP) is 0.867. The number of allylic oxidation sites excluding steroid dienone is 1. The highest BCUT2D eigenvalue weighted by Crippen LogP contribution is 2.24. The Morgan fingerprint density at radius 1 is 1.17 bits per heavy atom. The molecule has 0 aliphatic carbocycles. The molecule has 2 atom stereocenters. The van der Waals surface area contributed by atoms with Gasteiger partial charge >= 0.3 is 0 Å². The molecule has 3 N–H and O–H groups in total. The van der Waals surface area contributed by atoms with Gasteiger partial charge in [0.25, 0.3) is 0 Å². The van der Waals surface area contributed by atoms with E-state index in [4.69, 9.17) is 0 Å². The third-order valence-electron chi connectivity index (χ3n) is 4.03. The van der Waals surface area contributed by atoms with Gasteiger partial charge in [0.05, 0.1) is 6.54 Å². The van der Waals surface area contributed by atoms with Crippen LogP contribution in [0.15, 0.2) is 53.2 Å². The molecule has 0 bridgehead atoms. The monoisotopic (exact) mass is 365 g/mol. The molecule has 4 heteroatoms. The van der Waals surface area contributed by atoms with Gasteiger partial charge in [-0.1, -0.05) is 44.2 Å². The lowest BCUT2D eigenvalue weighted by Gasteiger charge is -2.17. The number of aliphatic hydroxyl groups is 1. The molecule has 2 nitrogen and oxygen atoms in total. The zero-order valence-corrected chi connectivity index (χ0v) is 16.2. The summed E-state index contributed by atoms with van der Waals surface area (Å²) in [5, 5.41) is 17.0. The van der Waals surface area contributed by atoms with Crippen LogP contribution in [-0.4, -0.2) is 17.7 Å². The first-order valence-corrected chi connectivity index (χ1v) is 9.30. The van der Waals surface area contributed by atoms with E-state index in [1.54, 1.807) is 11.3 Å². The molecular formula is C20H28ClNOS. The van der Waals surface area contributed by atoms with Crippen molar-refractivity contribution in [1.29, 1.82) is 0 Å². The van der Waals surface area contributed by atoms with Gasteiger partial charge in [0, 0.05) is 0 Å². The van der Waals surface area contributed by atoms with Crippen LogP contribution >= 0.6 is 11.3 Å². The van der Waals surface area contributed by atoms with Gasteiger partial charge in [-0.3, -0.25) is 0 Å². The molecule has 2 unspecified atom stereocenters. The number of benzene rings is 1. The Bertz CT molecular complexity index is 595. The van der Waals surface area contributed by atoms with Crippen molar-refractivity contribution in [3.63, 3.8) is 0 Å². The molecule has 0 aliphatic heterocycles. The Kier molecular flexibility index (Phi) is 9.30. The Hall–Kier alpha value is -1.13. The lowest BCUT2D eigenvalue weighted by Crippen LogP contribution is -3.00. The maximum Gasteiger partial charge on any atom is 0.130 e. The number of thiophene rings is 1. The van der Waals surface area contributed by atoms with E-state index in [1.807, 2.05) is 30.3 Å². The van der Waals surface area contributed by atoms with E-state index in [2.05, 4.69) is 49.0 Å². The Morgan fingerprint density at radius 3 is 2.46 bits per heavy atom. The van der Waals surface area contributed by atoms with E-state index in [9.17, 15) is 5.11 Å². The molecule has 1 aromatic heterocycles. The van der Waals surface area contributed by atoms with Gasteiger partial charge in [-0.25, -0.2) is 0 Å². The average Bonchev–Trinajstić information content (AvgIpc) is 3.08. The van der Waals surface area contributed by atoms with Crippen molar-refractivity contribution in [3.8, 4) is 0 Å². The van der Waals surface area contributed by atoms with Crippen molar-refractivity contribution in [3.05, 3.63) is 64.4 Å². The van der Waals surface area contributed by atoms with Crippen molar-refractivity contribution in [2.45, 2.75) is 39.3 Å². The zero-order valence-electron chi connectivity index (χ0n) is 14.7. The fourth-order valence-electron chi connectivity index (χ4n) is 2.71. The normalized spacial score (nSPS) is 14.3. The molecule has 2 aromatic rings. The van der Waals surface area contributed by atoms with E-state index in [-0.39, 0.29) is 18.4 Å². The van der Waals surface area contributed by atoms with Gasteiger partial charge in [0.15, 0.2) is 0 Å². The molecule has 0 fully saturated rings. The van der Waals surface area contributed by atoms with Crippen LogP contribution in [0.3, 0.4) is 0 Å². The van der Waals surface area contributed by atoms with Gasteiger partial charge in [0.2, 0.25) is 0 Å². The third kappa shape index (κ3) is 6.40. The van der Waals surface area contributed by atoms with E-state index >= 15 is 0 Å². The van der Waals surface area contributed by atoms with E-state index in [1.165, 1.54) is 11.1 Å². The first kappa shape index (κ1) is 20.9. The van der Waals surface area contributed by atoms with Crippen molar-refractivity contribution >= 4 is 16.9 Å². The maximum atomic E-state index is 10.4. The summed E-state index contributed by atoms with van der Waals surface area (Å²) >= 11 is 1.75. The molecule has 132 valence electrons. The van der Waals surface area contributed by atoms with E-state index in [0.29, 0.717) is 5.92 Å². The largest absolute Gasteiger partial charge is 1.00 e. The second-order valence-corrected chi connectivity index (χ2v) is 7.31. The topological polar surface area (TPSA) is 36.8 Å². The van der Waals surface area contributed by atoms with Gasteiger partial charge in [-0.15, -0.1) is 0 Å². The van der Waals surface area contributed by atoms with E-state index in [0.717, 1.165) is 18.5 Å². The van der Waals surface area contributed by atoms with Crippen molar-refractivity contribution in [2.24, 2.45) is 5.92 Å². The summed E-state index contributed by atoms with van der Waals surface area (Å²) in [5.41, 5.74) is 3.74. The highest BCUT2D eigenvalue weighted by Gasteiger charge is 2.18. The number of nitrogens with two attached hydrogens (primary N) is 1. The van der Waals surface area contributed by atoms with Gasteiger partial charge < -0.3 is 22.8 Å². The summed E-state index contributed by atoms with van der Waals surface area (Å²) in [6.07, 6.45) is 2.98. The molecule has 0 saturated carbocycles. The minimum absolute atomic E-state index is 0. The van der Waals surface area contributed by atoms with E-state index < -0.39 is 6.10 Å². The number of hydrogen-bond donors (Lipinski definition) is 2. The van der Waals surface area contributed by atoms with Crippen LogP contribution in [0.25, 0.3) is 5.57 Å². The molecule has 1 heterocycles. The number of quaternary nitrogens is 1. The van der Waals surface area contributed by atoms with Crippen molar-refractivity contribution in [1.82, 2.24) is 0 Å². The Labute approximate surface area is 156 Å². The quantitative estimate of drug-likeness (QED) is 0.715. The van der Waals surface area contributed by atoms with Gasteiger partial charge in [-0.2, -0.15) is 11.3 Å². The van der Waals surface area contributed by atoms with Crippen LogP contribution in [0.2, 0.25) is 0 Å². The molecule has 1 aromatic carbocycles. The minimum Gasteiger partial charge on any atom is -1.00 e. The summed E-state index contributed by atoms with van der Waals surface area (Å²) in [5.74, 6) is 0.647. The summed E-state index contributed by atoms with van der Waals surface area (Å²) in [6.45, 7) is 7.48. The molecule has 24 heavy (non-hydrogen) atoms. The number of aliphatic hydroxyl groups excluding tert-OH is 1. The molecule has 0 spiro atoms. The standard InChI is InChI=1S/C20H27NOS.ClH/c1-15(2)13-18(19-10-12-23-14-19)9-11-21-16(3)20(22)17-7-5-4-6-8-17;/h4-10,12,14-16,20-22H,11,13H2,1-3H3;1H/b18-9+;. The van der Waals surface area contributed by atoms with Crippen LogP contribution in [0, 0.1) is 5.92 Å². The lowest BCUT2D eigenvalue weighted by molar-refractivity contribution is -0.686. The lowest BCUT2D eigenvalue weighted by atomic mass is 9.98. The smallest absolute Gasteiger partial charge is 0.130 e. The second kappa shape index (κ2) is 10.7. The second-order valence-electron chi connectivity index (χ2n) is 6.53. The Morgan fingerprint density at radius 2 is 1.88 bits per heavy atom. The molecule has 2 rings (SSSR count). The van der Waals surface area contributed by atoms with Crippen LogP contribution in [0.1, 0.15) is 44.4 Å². The fourth-order valence-corrected chi connectivity index (χ4v) is 3.39. The van der Waals surface area contributed by atoms with Gasteiger partial charge in [0.1, 0.15) is 12.1 Å². The molecule has 0 radical (unpaired) electrons. The minimum atomic E-state index is -0.431. The number of hydrogen-bond acceptors (Lipinski definition) is 2. The number of halogens is 1. The first-order valence-electron chi connectivity index (χ1n) is 8.36. The van der Waals surface area contributed by atoms with Crippen molar-refractivity contribution < 1.29 is 22.8 Å². The molecule has 0 aliphatic rings. The van der Waals surface area contributed by atoms with Crippen LogP contribution in [0.4, 0.5) is 0 Å². The SMILES string of the molecule is CC(C)C/C(=C\C[NH2+]C(C)C(O)c1ccccc1)c1ccsc1.[Cl-]. The predicted molar refractivity (Wildman–Crippen MR) is 99.4 cm³/mol. The summed E-state index contributed by atoms with van der Waals surface area (Å²) in [4.78, 5) is 0.